The van der Waals surface area contributed by atoms with Crippen molar-refractivity contribution in [3.63, 3.8) is 0 Å². The second-order valence-electron chi connectivity index (χ2n) is 8.88. The predicted molar refractivity (Wildman–Crippen MR) is 145 cm³/mol. The van der Waals surface area contributed by atoms with Crippen LogP contribution in [0.3, 0.4) is 0 Å². The predicted octanol–water partition coefficient (Wildman–Crippen LogP) is 3.06. The van der Waals surface area contributed by atoms with Gasteiger partial charge in [0.15, 0.2) is 0 Å². The maximum Gasteiger partial charge on any atom is 0.271 e. The molecule has 11 heteroatoms. The first-order valence-corrected chi connectivity index (χ1v) is 13.7. The molecule has 0 saturated heterocycles. The van der Waals surface area contributed by atoms with Crippen molar-refractivity contribution in [2.45, 2.75) is 25.9 Å². The number of hydrogen-bond donors (Lipinski definition) is 1. The summed E-state index contributed by atoms with van der Waals surface area (Å²) in [4.78, 5) is 38.9. The molecule has 0 saturated carbocycles. The van der Waals surface area contributed by atoms with Crippen LogP contribution in [0.4, 0.5) is 11.4 Å². The fourth-order valence-corrected chi connectivity index (χ4v) is 4.94. The standard InChI is InChI=1S/C27H30N4O6S/c1-20-9-7-12-22(15-20)18-29(25(27(33)28-2)16-21-10-5-4-6-11-21)26(32)19-30(38(3,36)37)23-13-8-14-24(17-23)31(34)35/h4-15,17,25H,16,18-19H2,1-3H3,(H,28,33)/t25-/m1/s1. The Hall–Kier alpha value is -4.25. The second kappa shape index (κ2) is 12.3. The van der Waals surface area contributed by atoms with Crippen molar-refractivity contribution in [2.24, 2.45) is 0 Å². The maximum atomic E-state index is 13.8. The van der Waals surface area contributed by atoms with Crippen molar-refractivity contribution in [3.8, 4) is 0 Å². The highest BCUT2D eigenvalue weighted by atomic mass is 32.2. The SMILES string of the molecule is CNC(=O)[C@@H](Cc1ccccc1)N(Cc1cccc(C)c1)C(=O)CN(c1cccc([N+](=O)[O-])c1)S(C)(=O)=O. The van der Waals surface area contributed by atoms with E-state index in [1.807, 2.05) is 61.5 Å². The lowest BCUT2D eigenvalue weighted by atomic mass is 10.0. The Morgan fingerprint density at radius 2 is 1.63 bits per heavy atom. The number of carbonyl (C=O) groups excluding carboxylic acids is 2. The van der Waals surface area contributed by atoms with Crippen molar-refractivity contribution in [3.05, 3.63) is 106 Å². The van der Waals surface area contributed by atoms with Crippen LogP contribution in [-0.4, -0.2) is 55.9 Å². The number of likely N-dealkylation sites (N-methyl/N-ethyl adjacent to an activating group) is 1. The van der Waals surface area contributed by atoms with Gasteiger partial charge in [0.25, 0.3) is 5.69 Å². The Kier molecular flexibility index (Phi) is 9.19. The number of nitrogens with zero attached hydrogens (tertiary/aromatic N) is 3. The monoisotopic (exact) mass is 538 g/mol. The van der Waals surface area contributed by atoms with Crippen molar-refractivity contribution in [1.82, 2.24) is 10.2 Å². The average molecular weight is 539 g/mol. The zero-order valence-electron chi connectivity index (χ0n) is 21.4. The quantitative estimate of drug-likeness (QED) is 0.295. The largest absolute Gasteiger partial charge is 0.357 e. The number of anilines is 1. The fourth-order valence-electron chi connectivity index (χ4n) is 4.10. The number of nitro groups is 1. The molecule has 0 unspecified atom stereocenters. The van der Waals surface area contributed by atoms with Gasteiger partial charge in [-0.3, -0.25) is 24.0 Å². The molecule has 0 aliphatic rings. The van der Waals surface area contributed by atoms with Crippen molar-refractivity contribution >= 4 is 33.2 Å². The zero-order chi connectivity index (χ0) is 27.9. The molecular weight excluding hydrogens is 508 g/mol. The van der Waals surface area contributed by atoms with Crippen LogP contribution in [0.1, 0.15) is 16.7 Å². The Morgan fingerprint density at radius 3 is 2.24 bits per heavy atom. The summed E-state index contributed by atoms with van der Waals surface area (Å²) < 4.78 is 26.3. The molecular formula is C27H30N4O6S. The lowest BCUT2D eigenvalue weighted by molar-refractivity contribution is -0.384. The van der Waals surface area contributed by atoms with Gasteiger partial charge in [0.1, 0.15) is 12.6 Å². The molecule has 38 heavy (non-hydrogen) atoms. The van der Waals surface area contributed by atoms with Crippen LogP contribution in [0.2, 0.25) is 0 Å². The molecule has 200 valence electrons. The first-order chi connectivity index (χ1) is 18.0. The van der Waals surface area contributed by atoms with Gasteiger partial charge >= 0.3 is 0 Å². The van der Waals surface area contributed by atoms with E-state index in [1.54, 1.807) is 0 Å². The van der Waals surface area contributed by atoms with E-state index in [4.69, 9.17) is 0 Å². The third-order valence-corrected chi connectivity index (χ3v) is 7.10. The summed E-state index contributed by atoms with van der Waals surface area (Å²) in [5, 5.41) is 13.9. The van der Waals surface area contributed by atoms with Gasteiger partial charge in [-0.25, -0.2) is 8.42 Å². The fraction of sp³-hybridized carbons (Fsp3) is 0.259. The number of aryl methyl sites for hydroxylation is 1. The highest BCUT2D eigenvalue weighted by Gasteiger charge is 2.33. The Bertz CT molecular complexity index is 1410. The third kappa shape index (κ3) is 7.39. The van der Waals surface area contributed by atoms with E-state index in [9.17, 15) is 28.1 Å². The molecule has 1 N–H and O–H groups in total. The molecule has 0 aliphatic heterocycles. The minimum atomic E-state index is -4.02. The van der Waals surface area contributed by atoms with Crippen LogP contribution in [0, 0.1) is 17.0 Å². The molecule has 1 atom stereocenters. The van der Waals surface area contributed by atoms with E-state index in [1.165, 1.54) is 30.1 Å². The van der Waals surface area contributed by atoms with Crippen molar-refractivity contribution in [2.75, 3.05) is 24.2 Å². The summed E-state index contributed by atoms with van der Waals surface area (Å²) >= 11 is 0. The van der Waals surface area contributed by atoms with Crippen molar-refractivity contribution in [1.29, 1.82) is 0 Å². The van der Waals surface area contributed by atoms with Crippen LogP contribution in [0.5, 0.6) is 0 Å². The molecule has 0 fully saturated rings. The summed E-state index contributed by atoms with van der Waals surface area (Å²) in [7, 11) is -2.54. The third-order valence-electron chi connectivity index (χ3n) is 5.96. The summed E-state index contributed by atoms with van der Waals surface area (Å²) in [6.45, 7) is 1.32. The van der Waals surface area contributed by atoms with E-state index in [0.29, 0.717) is 0 Å². The number of nitro benzene ring substituents is 1. The molecule has 3 rings (SSSR count). The van der Waals surface area contributed by atoms with E-state index in [0.717, 1.165) is 33.3 Å². The van der Waals surface area contributed by atoms with E-state index < -0.39 is 39.3 Å². The molecule has 0 bridgehead atoms. The Morgan fingerprint density at radius 1 is 0.974 bits per heavy atom. The highest BCUT2D eigenvalue weighted by Crippen LogP contribution is 2.24. The first-order valence-electron chi connectivity index (χ1n) is 11.8. The molecule has 2 amide bonds. The number of sulfonamides is 1. The number of rotatable bonds is 11. The van der Waals surface area contributed by atoms with Crippen LogP contribution in [-0.2, 0) is 32.6 Å². The van der Waals surface area contributed by atoms with Gasteiger partial charge in [-0.15, -0.1) is 0 Å². The lowest BCUT2D eigenvalue weighted by Crippen LogP contribution is -2.52. The lowest BCUT2D eigenvalue weighted by Gasteiger charge is -2.33. The van der Waals surface area contributed by atoms with Gasteiger partial charge in [0.2, 0.25) is 21.8 Å². The molecule has 0 aliphatic carbocycles. The first kappa shape index (κ1) is 28.3. The topological polar surface area (TPSA) is 130 Å². The second-order valence-corrected chi connectivity index (χ2v) is 10.8. The number of hydrogen-bond acceptors (Lipinski definition) is 6. The summed E-state index contributed by atoms with van der Waals surface area (Å²) in [5.41, 5.74) is 2.21. The number of nitrogens with one attached hydrogen (secondary N) is 1. The van der Waals surface area contributed by atoms with E-state index in [-0.39, 0.29) is 24.3 Å². The van der Waals surface area contributed by atoms with Crippen LogP contribution >= 0.6 is 0 Å². The Balaban J connectivity index is 2.04. The minimum absolute atomic E-state index is 0.0230. The van der Waals surface area contributed by atoms with Gasteiger partial charge < -0.3 is 10.2 Å². The molecule has 3 aromatic rings. The van der Waals surface area contributed by atoms with Crippen LogP contribution in [0.25, 0.3) is 0 Å². The summed E-state index contributed by atoms with van der Waals surface area (Å²) in [6.07, 6.45) is 1.12. The number of carbonyl (C=O) groups is 2. The minimum Gasteiger partial charge on any atom is -0.357 e. The number of non-ortho nitro benzene ring substituents is 1. The normalized spacial score (nSPS) is 11.9. The molecule has 0 radical (unpaired) electrons. The van der Waals surface area contributed by atoms with Gasteiger partial charge in [0, 0.05) is 32.1 Å². The smallest absolute Gasteiger partial charge is 0.271 e. The van der Waals surface area contributed by atoms with Gasteiger partial charge in [-0.2, -0.15) is 0 Å². The highest BCUT2D eigenvalue weighted by molar-refractivity contribution is 7.92. The average Bonchev–Trinajstić information content (AvgIpc) is 2.88. The van der Waals surface area contributed by atoms with E-state index >= 15 is 0 Å². The number of amides is 2. The van der Waals surface area contributed by atoms with Crippen molar-refractivity contribution < 1.29 is 22.9 Å². The van der Waals surface area contributed by atoms with Crippen LogP contribution in [0.15, 0.2) is 78.9 Å². The zero-order valence-corrected chi connectivity index (χ0v) is 22.2. The van der Waals surface area contributed by atoms with Crippen LogP contribution < -0.4 is 9.62 Å². The molecule has 0 aromatic heterocycles. The van der Waals surface area contributed by atoms with E-state index in [2.05, 4.69) is 5.32 Å². The van der Waals surface area contributed by atoms with Gasteiger partial charge in [-0.1, -0.05) is 66.2 Å². The molecule has 3 aromatic carbocycles. The molecule has 10 nitrogen and oxygen atoms in total. The van der Waals surface area contributed by atoms with Gasteiger partial charge in [-0.05, 0) is 24.1 Å². The molecule has 0 heterocycles. The maximum absolute atomic E-state index is 13.8. The molecule has 0 spiro atoms. The number of benzene rings is 3. The summed E-state index contributed by atoms with van der Waals surface area (Å²) in [5.74, 6) is -1.04. The van der Waals surface area contributed by atoms with Gasteiger partial charge in [0.05, 0.1) is 16.9 Å². The Labute approximate surface area is 222 Å². The summed E-state index contributed by atoms with van der Waals surface area (Å²) in [6, 6.07) is 20.8.